The van der Waals surface area contributed by atoms with E-state index in [1.807, 2.05) is 13.0 Å². The molecule has 0 spiro atoms. The smallest absolute Gasteiger partial charge is 0.309 e. The van der Waals surface area contributed by atoms with Gasteiger partial charge in [-0.3, -0.25) is 19.2 Å². The van der Waals surface area contributed by atoms with Crippen molar-refractivity contribution in [1.29, 1.82) is 0 Å². The van der Waals surface area contributed by atoms with E-state index in [4.69, 9.17) is 9.84 Å². The number of rotatable bonds is 5. The first-order chi connectivity index (χ1) is 18.8. The van der Waals surface area contributed by atoms with Crippen molar-refractivity contribution in [3.05, 3.63) is 11.6 Å². The number of hydrogen-bond donors (Lipinski definition) is 2. The quantitative estimate of drug-likeness (QED) is 0.278. The second-order valence-electron chi connectivity index (χ2n) is 16.3. The molecule has 0 saturated heterocycles. The maximum Gasteiger partial charge on any atom is 0.309 e. The Morgan fingerprint density at radius 2 is 1.52 bits per heavy atom. The Morgan fingerprint density at radius 3 is 2.14 bits per heavy atom. The van der Waals surface area contributed by atoms with Crippen LogP contribution in [0.25, 0.3) is 0 Å². The van der Waals surface area contributed by atoms with Crippen molar-refractivity contribution in [2.45, 2.75) is 125 Å². The Bertz CT molecular complexity index is 1210. The number of carboxylic acids is 2. The van der Waals surface area contributed by atoms with E-state index in [1.165, 1.54) is 5.57 Å². The van der Waals surface area contributed by atoms with Gasteiger partial charge in [0, 0.05) is 40.9 Å². The van der Waals surface area contributed by atoms with Gasteiger partial charge in [-0.15, -0.1) is 0 Å². The summed E-state index contributed by atoms with van der Waals surface area (Å²) in [4.78, 5) is 50.3. The summed E-state index contributed by atoms with van der Waals surface area (Å²) in [5.74, 6) is -1.87. The first-order valence-electron chi connectivity index (χ1n) is 15.7. The zero-order chi connectivity index (χ0) is 30.4. The van der Waals surface area contributed by atoms with Crippen molar-refractivity contribution >= 4 is 53.2 Å². The second-order valence-corrected chi connectivity index (χ2v) is 16.3. The van der Waals surface area contributed by atoms with E-state index >= 15 is 0 Å². The molecule has 0 bridgehead atoms. The molecule has 5 aliphatic carbocycles. The second kappa shape index (κ2) is 10.7. The van der Waals surface area contributed by atoms with E-state index in [-0.39, 0.29) is 99.1 Å². The number of carbonyl (C=O) groups is 4. The first-order valence-corrected chi connectivity index (χ1v) is 15.7. The number of hydrogen-bond acceptors (Lipinski definition) is 5. The molecule has 229 valence electrons. The molecule has 4 saturated carbocycles. The van der Waals surface area contributed by atoms with Crippen LogP contribution in [0.2, 0.25) is 0 Å². The predicted molar refractivity (Wildman–Crippen MR) is 160 cm³/mol. The fraction of sp³-hybridized carbons (Fsp3) is 0.824. The monoisotopic (exact) mass is 593 g/mol. The van der Waals surface area contributed by atoms with E-state index < -0.39 is 23.3 Å². The fourth-order valence-electron chi connectivity index (χ4n) is 11.0. The van der Waals surface area contributed by atoms with Crippen molar-refractivity contribution in [2.24, 2.45) is 50.2 Å². The molecular weight excluding hydrogens is 543 g/mol. The zero-order valence-corrected chi connectivity index (χ0v) is 29.1. The van der Waals surface area contributed by atoms with Gasteiger partial charge in [-0.05, 0) is 104 Å². The molecule has 8 heteroatoms. The summed E-state index contributed by atoms with van der Waals surface area (Å²) in [5, 5.41) is 19.1. The van der Waals surface area contributed by atoms with Gasteiger partial charge in [0.25, 0.3) is 0 Å². The van der Waals surface area contributed by atoms with Crippen LogP contribution in [-0.2, 0) is 23.9 Å². The molecule has 4 fully saturated rings. The molecule has 9 atom stereocenters. The Morgan fingerprint density at radius 1 is 0.881 bits per heavy atom. The van der Waals surface area contributed by atoms with Crippen molar-refractivity contribution in [2.75, 3.05) is 0 Å². The maximum absolute atomic E-state index is 14.5. The van der Waals surface area contributed by atoms with Crippen LogP contribution >= 0.6 is 0 Å². The molecule has 0 heterocycles. The van der Waals surface area contributed by atoms with Gasteiger partial charge in [-0.1, -0.05) is 47.1 Å². The van der Waals surface area contributed by atoms with Crippen molar-refractivity contribution < 1.29 is 34.1 Å². The molecule has 5 aliphatic rings. The summed E-state index contributed by atoms with van der Waals surface area (Å²) in [7, 11) is 0. The van der Waals surface area contributed by atoms with Gasteiger partial charge in [0.2, 0.25) is 0 Å². The molecule has 0 aromatic carbocycles. The molecule has 0 aliphatic heterocycles. The molecule has 2 N–H and O–H groups in total. The maximum atomic E-state index is 14.5. The van der Waals surface area contributed by atoms with Gasteiger partial charge in [0.05, 0.1) is 18.3 Å². The number of fused-ring (bicyclic) bond motifs is 7. The normalized spacial score (nSPS) is 45.5. The molecule has 5 rings (SSSR count). The minimum absolute atomic E-state index is 0. The topological polar surface area (TPSA) is 118 Å². The Kier molecular flexibility index (Phi) is 8.60. The van der Waals surface area contributed by atoms with Crippen molar-refractivity contribution in [1.82, 2.24) is 0 Å². The standard InChI is InChI=1S/C34H50O7.Na/c1-29(2)23-10-13-34(7)27(32(23,5)12-11-24(29)41-26(38)9-8-25(36)37)22(35)18-20-21-19-31(4,28(39)40)15-14-30(21,3)16-17-33(20,34)6;/h18,21,23-24,27H,8-17,19H2,1-7H3,(H,36,37)(H,39,40);/t21-,23-,24-,27+,30+,31-,32-,33+,34+;/m1./s1. The number of allylic oxidation sites excluding steroid dienone is 2. The molecule has 0 aromatic heterocycles. The van der Waals surface area contributed by atoms with Crippen LogP contribution in [0.1, 0.15) is 119 Å². The zero-order valence-electron chi connectivity index (χ0n) is 27.1. The minimum Gasteiger partial charge on any atom is -0.481 e. The number of aliphatic carboxylic acids is 2. The third-order valence-electron chi connectivity index (χ3n) is 13.8. The third kappa shape index (κ3) is 4.78. The molecule has 0 unspecified atom stereocenters. The molecule has 1 radical (unpaired) electrons. The largest absolute Gasteiger partial charge is 0.481 e. The molecule has 0 amide bonds. The summed E-state index contributed by atoms with van der Waals surface area (Å²) >= 11 is 0. The van der Waals surface area contributed by atoms with Gasteiger partial charge in [-0.25, -0.2) is 0 Å². The van der Waals surface area contributed by atoms with Crippen LogP contribution in [0.5, 0.6) is 0 Å². The summed E-state index contributed by atoms with van der Waals surface area (Å²) in [6, 6.07) is 0. The van der Waals surface area contributed by atoms with E-state index in [0.29, 0.717) is 19.3 Å². The third-order valence-corrected chi connectivity index (χ3v) is 13.8. The molecule has 7 nitrogen and oxygen atoms in total. The van der Waals surface area contributed by atoms with E-state index in [0.717, 1.165) is 38.5 Å². The van der Waals surface area contributed by atoms with Gasteiger partial charge in [0.1, 0.15) is 6.10 Å². The number of carboxylic acid groups (broad SMARTS) is 2. The van der Waals surface area contributed by atoms with Gasteiger partial charge < -0.3 is 14.9 Å². The first kappa shape index (κ1) is 33.7. The Hall–Kier alpha value is -1.18. The van der Waals surface area contributed by atoms with Crippen LogP contribution in [0.3, 0.4) is 0 Å². The number of carbonyl (C=O) groups excluding carboxylic acids is 2. The Balaban J connectivity index is 0.00000405. The fourth-order valence-corrected chi connectivity index (χ4v) is 11.0. The Labute approximate surface area is 273 Å². The average molecular weight is 594 g/mol. The van der Waals surface area contributed by atoms with E-state index in [2.05, 4.69) is 41.5 Å². The van der Waals surface area contributed by atoms with Crippen LogP contribution in [-0.4, -0.2) is 69.6 Å². The van der Waals surface area contributed by atoms with Crippen LogP contribution in [0.4, 0.5) is 0 Å². The SMILES string of the molecule is CC1(C)[C@H]2CC[C@@]3(C)[C@@H](C(=O)C=C4[C@H]5C[C@](C)(C(=O)O)CC[C@@]5(C)CC[C@@]43C)[C@]2(C)CC[C@H]1OC(=O)CCC(=O)O.[Na]. The van der Waals surface area contributed by atoms with Crippen LogP contribution in [0.15, 0.2) is 11.6 Å². The van der Waals surface area contributed by atoms with Gasteiger partial charge in [-0.2, -0.15) is 0 Å². The summed E-state index contributed by atoms with van der Waals surface area (Å²) in [5.41, 5.74) is -0.553. The van der Waals surface area contributed by atoms with Crippen LogP contribution < -0.4 is 0 Å². The number of esters is 1. The molecule has 0 aromatic rings. The van der Waals surface area contributed by atoms with E-state index in [1.54, 1.807) is 0 Å². The average Bonchev–Trinajstić information content (AvgIpc) is 2.86. The molecular formula is C34H50NaO7. The predicted octanol–water partition coefficient (Wildman–Crippen LogP) is 6.45. The number of ether oxygens (including phenoxy) is 1. The summed E-state index contributed by atoms with van der Waals surface area (Å²) in [6.45, 7) is 15.5. The van der Waals surface area contributed by atoms with Gasteiger partial charge >= 0.3 is 17.9 Å². The minimum atomic E-state index is -1.01. The van der Waals surface area contributed by atoms with Gasteiger partial charge in [0.15, 0.2) is 5.78 Å². The summed E-state index contributed by atoms with van der Waals surface area (Å²) < 4.78 is 5.91. The molecule has 42 heavy (non-hydrogen) atoms. The van der Waals surface area contributed by atoms with Crippen molar-refractivity contribution in [3.63, 3.8) is 0 Å². The number of ketones is 1. The van der Waals surface area contributed by atoms with Crippen LogP contribution in [0, 0.1) is 50.2 Å². The van der Waals surface area contributed by atoms with Crippen molar-refractivity contribution in [3.8, 4) is 0 Å². The summed E-state index contributed by atoms with van der Waals surface area (Å²) in [6.07, 6.45) is 8.80. The van der Waals surface area contributed by atoms with E-state index in [9.17, 15) is 24.3 Å².